The van der Waals surface area contributed by atoms with E-state index in [0.717, 1.165) is 10.9 Å². The second-order valence-electron chi connectivity index (χ2n) is 2.98. The third-order valence-electron chi connectivity index (χ3n) is 2.06. The molecular weight excluding hydrogens is 169 g/mol. The summed E-state index contributed by atoms with van der Waals surface area (Å²) in [6, 6.07) is 6.07. The summed E-state index contributed by atoms with van der Waals surface area (Å²) in [5, 5.41) is 0.750. The molecule has 3 heteroatoms. The van der Waals surface area contributed by atoms with Crippen molar-refractivity contribution in [1.29, 1.82) is 0 Å². The molecule has 0 radical (unpaired) electrons. The fraction of sp³-hybridized carbons (Fsp3) is 0.100. The Hall–Kier alpha value is -1.64. The SMILES string of the molecule is Cc1ccc(F)c2[nH]c(=O)ccc12. The minimum Gasteiger partial charge on any atom is -0.319 e. The van der Waals surface area contributed by atoms with Gasteiger partial charge in [0.25, 0.3) is 0 Å². The number of benzene rings is 1. The fourth-order valence-corrected chi connectivity index (χ4v) is 1.36. The van der Waals surface area contributed by atoms with Gasteiger partial charge in [-0.1, -0.05) is 6.07 Å². The Morgan fingerprint density at radius 1 is 1.23 bits per heavy atom. The molecule has 2 aromatic rings. The van der Waals surface area contributed by atoms with Crippen molar-refractivity contribution in [2.24, 2.45) is 0 Å². The normalized spacial score (nSPS) is 10.6. The van der Waals surface area contributed by atoms with E-state index >= 15 is 0 Å². The predicted molar refractivity (Wildman–Crippen MR) is 49.3 cm³/mol. The van der Waals surface area contributed by atoms with Crippen LogP contribution in [0.3, 0.4) is 0 Å². The molecule has 66 valence electrons. The number of H-pyrrole nitrogens is 1. The summed E-state index contributed by atoms with van der Waals surface area (Å²) in [7, 11) is 0. The van der Waals surface area contributed by atoms with E-state index in [0.29, 0.717) is 0 Å². The predicted octanol–water partition coefficient (Wildman–Crippen LogP) is 1.98. The highest BCUT2D eigenvalue weighted by Gasteiger charge is 2.02. The first-order chi connectivity index (χ1) is 6.18. The minimum atomic E-state index is -0.390. The van der Waals surface area contributed by atoms with Crippen LogP contribution in [0, 0.1) is 12.7 Å². The molecule has 1 aromatic heterocycles. The number of aryl methyl sites for hydroxylation is 1. The molecule has 2 nitrogen and oxygen atoms in total. The van der Waals surface area contributed by atoms with Crippen molar-refractivity contribution in [2.45, 2.75) is 6.92 Å². The van der Waals surface area contributed by atoms with Gasteiger partial charge >= 0.3 is 0 Å². The van der Waals surface area contributed by atoms with Crippen LogP contribution in [0.5, 0.6) is 0 Å². The number of hydrogen-bond acceptors (Lipinski definition) is 1. The van der Waals surface area contributed by atoms with Crippen molar-refractivity contribution >= 4 is 10.9 Å². The largest absolute Gasteiger partial charge is 0.319 e. The van der Waals surface area contributed by atoms with E-state index in [9.17, 15) is 9.18 Å². The highest BCUT2D eigenvalue weighted by atomic mass is 19.1. The molecule has 0 atom stereocenters. The first-order valence-electron chi connectivity index (χ1n) is 3.96. The van der Waals surface area contributed by atoms with E-state index in [4.69, 9.17) is 0 Å². The van der Waals surface area contributed by atoms with Crippen molar-refractivity contribution in [1.82, 2.24) is 4.98 Å². The molecule has 0 fully saturated rings. The summed E-state index contributed by atoms with van der Waals surface area (Å²) in [5.74, 6) is -0.390. The molecule has 0 aliphatic rings. The standard InChI is InChI=1S/C10H8FNO/c1-6-2-4-8(11)10-7(6)3-5-9(13)12-10/h2-5H,1H3,(H,12,13). The number of nitrogens with one attached hydrogen (secondary N) is 1. The highest BCUT2D eigenvalue weighted by molar-refractivity contribution is 5.82. The van der Waals surface area contributed by atoms with Crippen LogP contribution < -0.4 is 5.56 Å². The monoisotopic (exact) mass is 177 g/mol. The lowest BCUT2D eigenvalue weighted by Crippen LogP contribution is -2.04. The Bertz CT molecular complexity index is 516. The molecular formula is C10H8FNO. The van der Waals surface area contributed by atoms with Crippen LogP contribution in [-0.2, 0) is 0 Å². The van der Waals surface area contributed by atoms with Gasteiger partial charge in [-0.25, -0.2) is 4.39 Å². The van der Waals surface area contributed by atoms with E-state index in [1.165, 1.54) is 12.1 Å². The van der Waals surface area contributed by atoms with Crippen molar-refractivity contribution in [2.75, 3.05) is 0 Å². The quantitative estimate of drug-likeness (QED) is 0.655. The molecule has 2 rings (SSSR count). The molecule has 1 N–H and O–H groups in total. The third kappa shape index (κ3) is 1.22. The molecule has 0 aliphatic carbocycles. The Balaban J connectivity index is 3.00. The van der Waals surface area contributed by atoms with Gasteiger partial charge in [-0.05, 0) is 24.6 Å². The van der Waals surface area contributed by atoms with Gasteiger partial charge in [0.05, 0.1) is 5.52 Å². The average Bonchev–Trinajstić information content (AvgIpc) is 2.12. The molecule has 0 unspecified atom stereocenters. The summed E-state index contributed by atoms with van der Waals surface area (Å²) < 4.78 is 13.2. The van der Waals surface area contributed by atoms with E-state index in [1.807, 2.05) is 6.92 Å². The lowest BCUT2D eigenvalue weighted by atomic mass is 10.1. The number of aromatic amines is 1. The third-order valence-corrected chi connectivity index (χ3v) is 2.06. The Morgan fingerprint density at radius 3 is 2.77 bits per heavy atom. The summed E-state index contributed by atoms with van der Waals surface area (Å²) in [5.41, 5.74) is 0.956. The molecule has 1 aromatic carbocycles. The summed E-state index contributed by atoms with van der Waals surface area (Å²) in [4.78, 5) is 13.4. The fourth-order valence-electron chi connectivity index (χ4n) is 1.36. The van der Waals surface area contributed by atoms with E-state index < -0.39 is 5.82 Å². The van der Waals surface area contributed by atoms with Gasteiger partial charge in [0.15, 0.2) is 0 Å². The number of fused-ring (bicyclic) bond motifs is 1. The van der Waals surface area contributed by atoms with Gasteiger partial charge in [-0.2, -0.15) is 0 Å². The van der Waals surface area contributed by atoms with Crippen LogP contribution in [0.2, 0.25) is 0 Å². The summed E-state index contributed by atoms with van der Waals surface area (Å²) in [6.45, 7) is 1.88. The molecule has 0 bridgehead atoms. The molecule has 13 heavy (non-hydrogen) atoms. The number of halogens is 1. The van der Waals surface area contributed by atoms with Crippen molar-refractivity contribution in [3.8, 4) is 0 Å². The Kier molecular flexibility index (Phi) is 1.65. The van der Waals surface area contributed by atoms with Crippen molar-refractivity contribution in [3.05, 3.63) is 46.0 Å². The van der Waals surface area contributed by atoms with E-state index in [2.05, 4.69) is 4.98 Å². The Labute approximate surface area is 74.0 Å². The van der Waals surface area contributed by atoms with Gasteiger partial charge in [0.1, 0.15) is 5.82 Å². The number of rotatable bonds is 0. The Morgan fingerprint density at radius 2 is 2.00 bits per heavy atom. The minimum absolute atomic E-state index is 0.281. The van der Waals surface area contributed by atoms with Crippen LogP contribution in [0.4, 0.5) is 4.39 Å². The molecule has 0 spiro atoms. The smallest absolute Gasteiger partial charge is 0.248 e. The topological polar surface area (TPSA) is 32.9 Å². The van der Waals surface area contributed by atoms with Gasteiger partial charge < -0.3 is 4.98 Å². The van der Waals surface area contributed by atoms with Crippen LogP contribution >= 0.6 is 0 Å². The average molecular weight is 177 g/mol. The number of hydrogen-bond donors (Lipinski definition) is 1. The van der Waals surface area contributed by atoms with Gasteiger partial charge in [-0.3, -0.25) is 4.79 Å². The van der Waals surface area contributed by atoms with Crippen molar-refractivity contribution in [3.63, 3.8) is 0 Å². The van der Waals surface area contributed by atoms with Gasteiger partial charge in [-0.15, -0.1) is 0 Å². The van der Waals surface area contributed by atoms with Gasteiger partial charge in [0.2, 0.25) is 5.56 Å². The lowest BCUT2D eigenvalue weighted by Gasteiger charge is -2.01. The number of aromatic nitrogens is 1. The molecule has 0 saturated heterocycles. The highest BCUT2D eigenvalue weighted by Crippen LogP contribution is 2.17. The maximum Gasteiger partial charge on any atom is 0.248 e. The van der Waals surface area contributed by atoms with Crippen LogP contribution in [0.25, 0.3) is 10.9 Å². The van der Waals surface area contributed by atoms with Crippen LogP contribution in [0.1, 0.15) is 5.56 Å². The molecule has 1 heterocycles. The molecule has 0 amide bonds. The first-order valence-corrected chi connectivity index (χ1v) is 3.96. The number of pyridine rings is 1. The molecule has 0 saturated carbocycles. The molecule has 0 aliphatic heterocycles. The zero-order valence-electron chi connectivity index (χ0n) is 7.10. The second-order valence-corrected chi connectivity index (χ2v) is 2.98. The zero-order chi connectivity index (χ0) is 9.42. The lowest BCUT2D eigenvalue weighted by molar-refractivity contribution is 0.636. The zero-order valence-corrected chi connectivity index (χ0v) is 7.10. The van der Waals surface area contributed by atoms with Gasteiger partial charge in [0, 0.05) is 11.5 Å². The first kappa shape index (κ1) is 7.98. The van der Waals surface area contributed by atoms with Crippen molar-refractivity contribution < 1.29 is 4.39 Å². The maximum atomic E-state index is 13.2. The van der Waals surface area contributed by atoms with Crippen LogP contribution in [-0.4, -0.2) is 4.98 Å². The summed E-state index contributed by atoms with van der Waals surface area (Å²) in [6.07, 6.45) is 0. The maximum absolute atomic E-state index is 13.2. The summed E-state index contributed by atoms with van der Waals surface area (Å²) >= 11 is 0. The van der Waals surface area contributed by atoms with Crippen LogP contribution in [0.15, 0.2) is 29.1 Å². The second kappa shape index (κ2) is 2.69. The van der Waals surface area contributed by atoms with E-state index in [1.54, 1.807) is 12.1 Å². The van der Waals surface area contributed by atoms with E-state index in [-0.39, 0.29) is 11.1 Å².